The quantitative estimate of drug-likeness (QED) is 0.455. The minimum absolute atomic E-state index is 0.0759. The number of halogens is 1. The van der Waals surface area contributed by atoms with E-state index in [0.29, 0.717) is 23.9 Å². The van der Waals surface area contributed by atoms with Crippen LogP contribution in [0.25, 0.3) is 0 Å². The molecule has 0 aliphatic heterocycles. The maximum Gasteiger partial charge on any atom is 0.242 e. The van der Waals surface area contributed by atoms with E-state index in [-0.39, 0.29) is 17.6 Å². The third kappa shape index (κ3) is 8.46. The zero-order valence-electron chi connectivity index (χ0n) is 18.4. The molecular formula is C24H31ClN2O3S. The van der Waals surface area contributed by atoms with Gasteiger partial charge in [0.1, 0.15) is 11.8 Å². The Bertz CT molecular complexity index is 862. The van der Waals surface area contributed by atoms with Gasteiger partial charge in [-0.15, -0.1) is 11.8 Å². The first-order valence-electron chi connectivity index (χ1n) is 10.5. The summed E-state index contributed by atoms with van der Waals surface area (Å²) >= 11 is 7.56. The maximum absolute atomic E-state index is 13.1. The number of nitrogens with zero attached hydrogens (tertiary/aromatic N) is 1. The summed E-state index contributed by atoms with van der Waals surface area (Å²) in [5.41, 5.74) is 1.98. The molecule has 31 heavy (non-hydrogen) atoms. The van der Waals surface area contributed by atoms with Crippen LogP contribution < -0.4 is 10.1 Å². The standard InChI is InChI=1S/C24H31ClN2O3S/c1-4-5-12-26-24(29)18(2)27(15-19-8-7-11-22(14-19)30-3)23(28)17-31-16-20-9-6-10-21(25)13-20/h6-11,13-14,18H,4-5,12,15-17H2,1-3H3,(H,26,29). The summed E-state index contributed by atoms with van der Waals surface area (Å²) < 4.78 is 5.30. The van der Waals surface area contributed by atoms with E-state index < -0.39 is 6.04 Å². The Balaban J connectivity index is 2.07. The molecule has 1 unspecified atom stereocenters. The van der Waals surface area contributed by atoms with E-state index in [1.807, 2.05) is 48.5 Å². The fourth-order valence-electron chi connectivity index (χ4n) is 3.05. The average Bonchev–Trinajstić information content (AvgIpc) is 2.77. The first-order chi connectivity index (χ1) is 14.9. The summed E-state index contributed by atoms with van der Waals surface area (Å²) in [4.78, 5) is 27.4. The van der Waals surface area contributed by atoms with Crippen LogP contribution >= 0.6 is 23.4 Å². The molecule has 0 heterocycles. The summed E-state index contributed by atoms with van der Waals surface area (Å²) in [6.07, 6.45) is 1.92. The van der Waals surface area contributed by atoms with Crippen molar-refractivity contribution < 1.29 is 14.3 Å². The van der Waals surface area contributed by atoms with Gasteiger partial charge in [-0.3, -0.25) is 9.59 Å². The summed E-state index contributed by atoms with van der Waals surface area (Å²) in [5, 5.41) is 3.62. The monoisotopic (exact) mass is 462 g/mol. The number of thioether (sulfide) groups is 1. The molecule has 0 aromatic heterocycles. The van der Waals surface area contributed by atoms with Crippen LogP contribution in [0.2, 0.25) is 5.02 Å². The van der Waals surface area contributed by atoms with E-state index in [2.05, 4.69) is 12.2 Å². The molecule has 0 saturated carbocycles. The Labute approximate surface area is 194 Å². The number of hydrogen-bond acceptors (Lipinski definition) is 4. The highest BCUT2D eigenvalue weighted by molar-refractivity contribution is 7.99. The largest absolute Gasteiger partial charge is 0.497 e. The highest BCUT2D eigenvalue weighted by Crippen LogP contribution is 2.20. The fraction of sp³-hybridized carbons (Fsp3) is 0.417. The van der Waals surface area contributed by atoms with Crippen molar-refractivity contribution >= 4 is 35.2 Å². The summed E-state index contributed by atoms with van der Waals surface area (Å²) in [7, 11) is 1.61. The number of nitrogens with one attached hydrogen (secondary N) is 1. The number of rotatable bonds is 12. The predicted molar refractivity (Wildman–Crippen MR) is 129 cm³/mol. The number of carbonyl (C=O) groups is 2. The molecule has 0 spiro atoms. The minimum Gasteiger partial charge on any atom is -0.497 e. The second kappa shape index (κ2) is 13.3. The van der Waals surface area contributed by atoms with E-state index in [4.69, 9.17) is 16.3 Å². The number of methoxy groups -OCH3 is 1. The van der Waals surface area contributed by atoms with Gasteiger partial charge in [-0.25, -0.2) is 0 Å². The van der Waals surface area contributed by atoms with Gasteiger partial charge in [0.25, 0.3) is 0 Å². The second-order valence-corrected chi connectivity index (χ2v) is 8.74. The zero-order chi connectivity index (χ0) is 22.6. The lowest BCUT2D eigenvalue weighted by atomic mass is 10.1. The van der Waals surface area contributed by atoms with Crippen molar-refractivity contribution in [3.05, 3.63) is 64.7 Å². The molecule has 0 bridgehead atoms. The van der Waals surface area contributed by atoms with Gasteiger partial charge in [-0.1, -0.05) is 49.2 Å². The summed E-state index contributed by atoms with van der Waals surface area (Å²) in [6.45, 7) is 4.81. The van der Waals surface area contributed by atoms with Gasteiger partial charge >= 0.3 is 0 Å². The van der Waals surface area contributed by atoms with Gasteiger partial charge in [0.15, 0.2) is 0 Å². The van der Waals surface area contributed by atoms with Crippen LogP contribution in [0, 0.1) is 0 Å². The molecule has 5 nitrogen and oxygen atoms in total. The van der Waals surface area contributed by atoms with Gasteiger partial charge < -0.3 is 15.0 Å². The highest BCUT2D eigenvalue weighted by Gasteiger charge is 2.26. The average molecular weight is 463 g/mol. The van der Waals surface area contributed by atoms with Gasteiger partial charge in [0.2, 0.25) is 11.8 Å². The Hall–Kier alpha value is -2.18. The number of amides is 2. The van der Waals surface area contributed by atoms with Crippen molar-refractivity contribution in [2.24, 2.45) is 0 Å². The SMILES string of the molecule is CCCCNC(=O)C(C)N(Cc1cccc(OC)c1)C(=O)CSCc1cccc(Cl)c1. The van der Waals surface area contributed by atoms with Crippen LogP contribution in [0.4, 0.5) is 0 Å². The second-order valence-electron chi connectivity index (χ2n) is 7.32. The highest BCUT2D eigenvalue weighted by atomic mass is 35.5. The molecule has 1 atom stereocenters. The van der Waals surface area contributed by atoms with Gasteiger partial charge in [0, 0.05) is 23.9 Å². The Kier molecular flexibility index (Phi) is 10.7. The molecular weight excluding hydrogens is 432 g/mol. The lowest BCUT2D eigenvalue weighted by Gasteiger charge is -2.29. The number of ether oxygens (including phenoxy) is 1. The molecule has 0 saturated heterocycles. The number of carbonyl (C=O) groups excluding carboxylic acids is 2. The van der Waals surface area contributed by atoms with Crippen LogP contribution in [-0.4, -0.2) is 42.2 Å². The minimum atomic E-state index is -0.567. The van der Waals surface area contributed by atoms with E-state index in [1.54, 1.807) is 18.9 Å². The lowest BCUT2D eigenvalue weighted by molar-refractivity contribution is -0.138. The molecule has 0 aliphatic rings. The van der Waals surface area contributed by atoms with Crippen molar-refractivity contribution in [3.8, 4) is 5.75 Å². The number of hydrogen-bond donors (Lipinski definition) is 1. The van der Waals surface area contributed by atoms with Crippen molar-refractivity contribution in [1.82, 2.24) is 10.2 Å². The molecule has 2 aromatic rings. The normalized spacial score (nSPS) is 11.6. The molecule has 168 valence electrons. The van der Waals surface area contributed by atoms with E-state index in [0.717, 1.165) is 29.7 Å². The third-order valence-electron chi connectivity index (χ3n) is 4.87. The van der Waals surface area contributed by atoms with Crippen molar-refractivity contribution in [3.63, 3.8) is 0 Å². The topological polar surface area (TPSA) is 58.6 Å². The molecule has 2 amide bonds. The Morgan fingerprint density at radius 2 is 1.90 bits per heavy atom. The zero-order valence-corrected chi connectivity index (χ0v) is 20.0. The van der Waals surface area contributed by atoms with E-state index in [9.17, 15) is 9.59 Å². The smallest absolute Gasteiger partial charge is 0.242 e. The van der Waals surface area contributed by atoms with Crippen molar-refractivity contribution in [1.29, 1.82) is 0 Å². The van der Waals surface area contributed by atoms with Crippen LogP contribution in [-0.2, 0) is 21.9 Å². The Morgan fingerprint density at radius 3 is 2.61 bits per heavy atom. The first-order valence-corrected chi connectivity index (χ1v) is 12.0. The predicted octanol–water partition coefficient (Wildman–Crippen LogP) is 4.92. The van der Waals surface area contributed by atoms with Crippen LogP contribution in [0.5, 0.6) is 5.75 Å². The maximum atomic E-state index is 13.1. The van der Waals surface area contributed by atoms with Crippen LogP contribution in [0.15, 0.2) is 48.5 Å². The molecule has 0 fully saturated rings. The molecule has 0 radical (unpaired) electrons. The lowest BCUT2D eigenvalue weighted by Crippen LogP contribution is -2.48. The summed E-state index contributed by atoms with van der Waals surface area (Å²) in [6, 6.07) is 14.6. The van der Waals surface area contributed by atoms with Crippen molar-refractivity contribution in [2.75, 3.05) is 19.4 Å². The number of unbranched alkanes of at least 4 members (excludes halogenated alkanes) is 1. The fourth-order valence-corrected chi connectivity index (χ4v) is 4.12. The van der Waals surface area contributed by atoms with Gasteiger partial charge in [-0.2, -0.15) is 0 Å². The molecule has 0 aliphatic carbocycles. The third-order valence-corrected chi connectivity index (χ3v) is 6.09. The molecule has 2 rings (SSSR count). The van der Waals surface area contributed by atoms with Gasteiger partial charge in [-0.05, 0) is 48.7 Å². The van der Waals surface area contributed by atoms with Gasteiger partial charge in [0.05, 0.1) is 12.9 Å². The number of benzene rings is 2. The molecule has 2 aromatic carbocycles. The molecule has 7 heteroatoms. The van der Waals surface area contributed by atoms with E-state index in [1.165, 1.54) is 11.8 Å². The van der Waals surface area contributed by atoms with Crippen LogP contribution in [0.3, 0.4) is 0 Å². The Morgan fingerprint density at radius 1 is 1.16 bits per heavy atom. The van der Waals surface area contributed by atoms with Crippen molar-refractivity contribution in [2.45, 2.75) is 45.0 Å². The summed E-state index contributed by atoms with van der Waals surface area (Å²) in [5.74, 6) is 1.47. The molecule has 1 N–H and O–H groups in total. The van der Waals surface area contributed by atoms with Crippen LogP contribution in [0.1, 0.15) is 37.8 Å². The van der Waals surface area contributed by atoms with E-state index >= 15 is 0 Å². The first kappa shape index (κ1) is 25.1.